The fourth-order valence-electron chi connectivity index (χ4n) is 3.58. The Labute approximate surface area is 224 Å². The Bertz CT molecular complexity index is 1270. The standard InChI is InChI=1S/C29H27NO9/c1-19(32)30-23(17-31)25(38-28(35)21-13-7-3-8-14-21)26(39-29(36)22-15-9-4-10-16-22)24(33)18-37-27(34)20-11-5-2-6-12-20/h2-17,23-26,33H,18H2,1H3,(H,30,32)/t23-,24-,25-,26-/m1/s1. The number of hydrogen-bond donors (Lipinski definition) is 2. The van der Waals surface area contributed by atoms with Gasteiger partial charge in [0, 0.05) is 6.92 Å². The smallest absolute Gasteiger partial charge is 0.338 e. The molecule has 0 bridgehead atoms. The molecule has 0 unspecified atom stereocenters. The number of ether oxygens (including phenoxy) is 3. The Balaban J connectivity index is 1.93. The third kappa shape index (κ3) is 8.34. The summed E-state index contributed by atoms with van der Waals surface area (Å²) in [4.78, 5) is 62.2. The van der Waals surface area contributed by atoms with E-state index in [4.69, 9.17) is 14.2 Å². The zero-order chi connectivity index (χ0) is 28.2. The molecular formula is C29H27NO9. The first-order valence-electron chi connectivity index (χ1n) is 11.9. The van der Waals surface area contributed by atoms with Crippen LogP contribution in [0.1, 0.15) is 38.0 Å². The molecule has 0 saturated carbocycles. The van der Waals surface area contributed by atoms with E-state index in [0.29, 0.717) is 0 Å². The highest BCUT2D eigenvalue weighted by molar-refractivity contribution is 5.91. The third-order valence-corrected chi connectivity index (χ3v) is 5.47. The average molecular weight is 534 g/mol. The lowest BCUT2D eigenvalue weighted by atomic mass is 10.0. The van der Waals surface area contributed by atoms with Gasteiger partial charge in [0.05, 0.1) is 16.7 Å². The zero-order valence-corrected chi connectivity index (χ0v) is 21.0. The Morgan fingerprint density at radius 2 is 1.13 bits per heavy atom. The maximum Gasteiger partial charge on any atom is 0.338 e. The van der Waals surface area contributed by atoms with Gasteiger partial charge in [0.2, 0.25) is 5.91 Å². The highest BCUT2D eigenvalue weighted by Crippen LogP contribution is 2.19. The van der Waals surface area contributed by atoms with Crippen molar-refractivity contribution in [3.8, 4) is 0 Å². The molecule has 0 aliphatic rings. The Kier molecular flexibility index (Phi) is 10.5. The molecule has 1 amide bonds. The third-order valence-electron chi connectivity index (χ3n) is 5.47. The molecule has 202 valence electrons. The lowest BCUT2D eigenvalue weighted by Crippen LogP contribution is -2.56. The quantitative estimate of drug-likeness (QED) is 0.204. The first-order chi connectivity index (χ1) is 18.8. The molecule has 3 aromatic rings. The van der Waals surface area contributed by atoms with Gasteiger partial charge in [-0.1, -0.05) is 54.6 Å². The summed E-state index contributed by atoms with van der Waals surface area (Å²) in [5, 5.41) is 13.4. The summed E-state index contributed by atoms with van der Waals surface area (Å²) in [6.07, 6.45) is -4.92. The maximum atomic E-state index is 13.0. The summed E-state index contributed by atoms with van der Waals surface area (Å²) in [6.45, 7) is 0.446. The summed E-state index contributed by atoms with van der Waals surface area (Å²) < 4.78 is 16.3. The van der Waals surface area contributed by atoms with Crippen molar-refractivity contribution in [1.29, 1.82) is 0 Å². The maximum absolute atomic E-state index is 13.0. The van der Waals surface area contributed by atoms with Crippen molar-refractivity contribution < 1.29 is 43.3 Å². The number of benzene rings is 3. The van der Waals surface area contributed by atoms with E-state index in [0.717, 1.165) is 6.92 Å². The van der Waals surface area contributed by atoms with Crippen molar-refractivity contribution in [2.45, 2.75) is 31.3 Å². The molecule has 2 N–H and O–H groups in total. The topological polar surface area (TPSA) is 145 Å². The molecule has 39 heavy (non-hydrogen) atoms. The van der Waals surface area contributed by atoms with Crippen LogP contribution in [0, 0.1) is 0 Å². The van der Waals surface area contributed by atoms with Gasteiger partial charge in [0.1, 0.15) is 25.0 Å². The Morgan fingerprint density at radius 3 is 1.54 bits per heavy atom. The van der Waals surface area contributed by atoms with E-state index in [1.807, 2.05) is 0 Å². The number of rotatable bonds is 12. The molecule has 0 spiro atoms. The van der Waals surface area contributed by atoms with Gasteiger partial charge in [0.25, 0.3) is 0 Å². The number of aliphatic hydroxyl groups is 1. The SMILES string of the molecule is CC(=O)N[C@H](C=O)[C@@H](OC(=O)c1ccccc1)[C@H](OC(=O)c1ccccc1)[C@H](O)COC(=O)c1ccccc1. The second kappa shape index (κ2) is 14.2. The number of hydrogen-bond acceptors (Lipinski definition) is 9. The first-order valence-corrected chi connectivity index (χ1v) is 11.9. The minimum absolute atomic E-state index is 0.103. The fraction of sp³-hybridized carbons (Fsp3) is 0.207. The summed E-state index contributed by atoms with van der Waals surface area (Å²) in [5.41, 5.74) is 0.415. The number of nitrogens with one attached hydrogen (secondary N) is 1. The minimum atomic E-state index is -1.77. The second-order valence-corrected chi connectivity index (χ2v) is 8.37. The monoisotopic (exact) mass is 533 g/mol. The van der Waals surface area contributed by atoms with Crippen LogP contribution in [-0.2, 0) is 23.8 Å². The van der Waals surface area contributed by atoms with Crippen molar-refractivity contribution in [1.82, 2.24) is 5.32 Å². The van der Waals surface area contributed by atoms with E-state index in [2.05, 4.69) is 5.32 Å². The molecule has 10 nitrogen and oxygen atoms in total. The van der Waals surface area contributed by atoms with Crippen LogP contribution in [0.4, 0.5) is 0 Å². The number of aldehydes is 1. The number of carbonyl (C=O) groups is 5. The summed E-state index contributed by atoms with van der Waals surface area (Å²) in [6, 6.07) is 22.0. The van der Waals surface area contributed by atoms with Crippen LogP contribution in [0.25, 0.3) is 0 Å². The van der Waals surface area contributed by atoms with E-state index in [9.17, 15) is 29.1 Å². The molecule has 4 atom stereocenters. The van der Waals surface area contributed by atoms with Crippen LogP contribution in [0.2, 0.25) is 0 Å². The van der Waals surface area contributed by atoms with E-state index < -0.39 is 54.8 Å². The Hall–Kier alpha value is -4.83. The summed E-state index contributed by atoms with van der Waals surface area (Å²) >= 11 is 0. The predicted molar refractivity (Wildman–Crippen MR) is 138 cm³/mol. The van der Waals surface area contributed by atoms with Crippen LogP contribution < -0.4 is 5.32 Å². The summed E-state index contributed by atoms with van der Waals surface area (Å²) in [7, 11) is 0. The number of esters is 3. The van der Waals surface area contributed by atoms with E-state index in [1.54, 1.807) is 54.6 Å². The molecular weight excluding hydrogens is 506 g/mol. The molecule has 0 aliphatic carbocycles. The minimum Gasteiger partial charge on any atom is -0.459 e. The highest BCUT2D eigenvalue weighted by Gasteiger charge is 2.41. The van der Waals surface area contributed by atoms with Crippen molar-refractivity contribution in [2.24, 2.45) is 0 Å². The largest absolute Gasteiger partial charge is 0.459 e. The normalized spacial score (nSPS) is 13.6. The van der Waals surface area contributed by atoms with Gasteiger partial charge in [-0.25, -0.2) is 14.4 Å². The lowest BCUT2D eigenvalue weighted by Gasteiger charge is -2.33. The predicted octanol–water partition coefficient (Wildman–Crippen LogP) is 2.36. The van der Waals surface area contributed by atoms with Crippen LogP contribution in [0.15, 0.2) is 91.0 Å². The molecule has 10 heteroatoms. The van der Waals surface area contributed by atoms with Crippen LogP contribution in [0.5, 0.6) is 0 Å². The van der Waals surface area contributed by atoms with Crippen LogP contribution in [0.3, 0.4) is 0 Å². The van der Waals surface area contributed by atoms with E-state index in [1.165, 1.54) is 36.4 Å². The second-order valence-electron chi connectivity index (χ2n) is 8.37. The van der Waals surface area contributed by atoms with Crippen molar-refractivity contribution in [3.05, 3.63) is 108 Å². The van der Waals surface area contributed by atoms with E-state index in [-0.39, 0.29) is 23.0 Å². The molecule has 0 saturated heterocycles. The molecule has 0 radical (unpaired) electrons. The van der Waals surface area contributed by atoms with Gasteiger partial charge >= 0.3 is 17.9 Å². The zero-order valence-electron chi connectivity index (χ0n) is 21.0. The van der Waals surface area contributed by atoms with Gasteiger partial charge in [0.15, 0.2) is 12.2 Å². The van der Waals surface area contributed by atoms with Crippen molar-refractivity contribution >= 4 is 30.1 Å². The fourth-order valence-corrected chi connectivity index (χ4v) is 3.58. The molecule has 0 heterocycles. The van der Waals surface area contributed by atoms with Crippen molar-refractivity contribution in [2.75, 3.05) is 6.61 Å². The highest BCUT2D eigenvalue weighted by atomic mass is 16.6. The van der Waals surface area contributed by atoms with Crippen LogP contribution >= 0.6 is 0 Å². The summed E-state index contributed by atoms with van der Waals surface area (Å²) in [5.74, 6) is -3.24. The van der Waals surface area contributed by atoms with Gasteiger partial charge in [-0.3, -0.25) is 4.79 Å². The molecule has 0 aliphatic heterocycles. The Morgan fingerprint density at radius 1 is 0.718 bits per heavy atom. The number of aliphatic hydroxyl groups excluding tert-OH is 1. The lowest BCUT2D eigenvalue weighted by molar-refractivity contribution is -0.131. The molecule has 3 rings (SSSR count). The molecule has 3 aromatic carbocycles. The number of amides is 1. The van der Waals surface area contributed by atoms with E-state index >= 15 is 0 Å². The molecule has 0 aromatic heterocycles. The van der Waals surface area contributed by atoms with Gasteiger partial charge in [-0.05, 0) is 36.4 Å². The van der Waals surface area contributed by atoms with Gasteiger partial charge < -0.3 is 29.4 Å². The van der Waals surface area contributed by atoms with Gasteiger partial charge in [-0.2, -0.15) is 0 Å². The molecule has 0 fully saturated rings. The first kappa shape index (κ1) is 28.7. The number of carbonyl (C=O) groups excluding carboxylic acids is 5. The average Bonchev–Trinajstić information content (AvgIpc) is 2.97. The van der Waals surface area contributed by atoms with Crippen LogP contribution in [-0.4, -0.2) is 66.2 Å². The van der Waals surface area contributed by atoms with Crippen molar-refractivity contribution in [3.63, 3.8) is 0 Å². The van der Waals surface area contributed by atoms with Gasteiger partial charge in [-0.15, -0.1) is 0 Å².